The van der Waals surface area contributed by atoms with E-state index in [-0.39, 0.29) is 0 Å². The van der Waals surface area contributed by atoms with E-state index in [0.717, 1.165) is 49.7 Å². The summed E-state index contributed by atoms with van der Waals surface area (Å²) in [6.45, 7) is 4.82. The van der Waals surface area contributed by atoms with Crippen LogP contribution in [0.2, 0.25) is 0 Å². The van der Waals surface area contributed by atoms with E-state index in [1.807, 2.05) is 17.1 Å². The van der Waals surface area contributed by atoms with E-state index in [2.05, 4.69) is 17.3 Å². The van der Waals surface area contributed by atoms with Gasteiger partial charge in [-0.25, -0.2) is 0 Å². The third-order valence-corrected chi connectivity index (χ3v) is 4.07. The Bertz CT molecular complexity index is 384. The van der Waals surface area contributed by atoms with Crippen molar-refractivity contribution in [3.05, 3.63) is 12.4 Å². The van der Waals surface area contributed by atoms with Crippen LogP contribution in [0, 0.1) is 11.8 Å². The first kappa shape index (κ1) is 13.0. The topological polar surface area (TPSA) is 39.1 Å². The van der Waals surface area contributed by atoms with Crippen molar-refractivity contribution in [1.82, 2.24) is 15.1 Å². The van der Waals surface area contributed by atoms with Crippen molar-refractivity contribution in [2.24, 2.45) is 11.8 Å². The molecule has 0 bridgehead atoms. The van der Waals surface area contributed by atoms with Crippen molar-refractivity contribution >= 4 is 0 Å². The first-order valence-corrected chi connectivity index (χ1v) is 7.75. The first-order valence-electron chi connectivity index (χ1n) is 7.75. The van der Waals surface area contributed by atoms with Crippen LogP contribution in [0.5, 0.6) is 5.75 Å². The third kappa shape index (κ3) is 3.72. The number of hydrogen-bond acceptors (Lipinski definition) is 3. The van der Waals surface area contributed by atoms with E-state index < -0.39 is 0 Å². The van der Waals surface area contributed by atoms with Crippen molar-refractivity contribution in [2.45, 2.75) is 51.6 Å². The van der Waals surface area contributed by atoms with Gasteiger partial charge in [-0.3, -0.25) is 4.68 Å². The van der Waals surface area contributed by atoms with Gasteiger partial charge in [0.15, 0.2) is 5.75 Å². The Hall–Kier alpha value is -1.03. The van der Waals surface area contributed by atoms with Gasteiger partial charge in [-0.15, -0.1) is 0 Å². The van der Waals surface area contributed by atoms with Crippen molar-refractivity contribution in [3.8, 4) is 5.75 Å². The smallest absolute Gasteiger partial charge is 0.157 e. The van der Waals surface area contributed by atoms with E-state index in [1.54, 1.807) is 0 Å². The van der Waals surface area contributed by atoms with E-state index >= 15 is 0 Å². The second-order valence-electron chi connectivity index (χ2n) is 5.94. The van der Waals surface area contributed by atoms with Crippen LogP contribution < -0.4 is 10.1 Å². The Labute approximate surface area is 115 Å². The van der Waals surface area contributed by atoms with Crippen LogP contribution in [0.3, 0.4) is 0 Å². The van der Waals surface area contributed by atoms with Gasteiger partial charge in [-0.1, -0.05) is 6.92 Å². The van der Waals surface area contributed by atoms with E-state index in [0.29, 0.717) is 0 Å². The predicted molar refractivity (Wildman–Crippen MR) is 75.3 cm³/mol. The summed E-state index contributed by atoms with van der Waals surface area (Å²) in [4.78, 5) is 0. The zero-order chi connectivity index (χ0) is 13.1. The maximum atomic E-state index is 5.74. The summed E-state index contributed by atoms with van der Waals surface area (Å²) < 4.78 is 7.68. The highest BCUT2D eigenvalue weighted by molar-refractivity contribution is 5.11. The van der Waals surface area contributed by atoms with Gasteiger partial charge in [0.25, 0.3) is 0 Å². The number of aromatic nitrogens is 2. The number of nitrogens with one attached hydrogen (secondary N) is 1. The molecule has 4 nitrogen and oxygen atoms in total. The van der Waals surface area contributed by atoms with Gasteiger partial charge in [-0.2, -0.15) is 5.10 Å². The van der Waals surface area contributed by atoms with Crippen LogP contribution in [0.15, 0.2) is 12.4 Å². The summed E-state index contributed by atoms with van der Waals surface area (Å²) in [7, 11) is 0. The lowest BCUT2D eigenvalue weighted by atomic mass is 10.1. The summed E-state index contributed by atoms with van der Waals surface area (Å²) >= 11 is 0. The highest BCUT2D eigenvalue weighted by Crippen LogP contribution is 2.44. The van der Waals surface area contributed by atoms with Crippen LogP contribution in [0.25, 0.3) is 0 Å². The van der Waals surface area contributed by atoms with Crippen LogP contribution in [0.4, 0.5) is 0 Å². The molecule has 1 heterocycles. The molecule has 0 aliphatic heterocycles. The second kappa shape index (κ2) is 5.95. The number of ether oxygens (including phenoxy) is 1. The Morgan fingerprint density at radius 2 is 2.11 bits per heavy atom. The van der Waals surface area contributed by atoms with Gasteiger partial charge in [0, 0.05) is 19.1 Å². The Balaban J connectivity index is 1.35. The molecular weight excluding hydrogens is 238 g/mol. The van der Waals surface area contributed by atoms with E-state index in [4.69, 9.17) is 4.74 Å². The van der Waals surface area contributed by atoms with Gasteiger partial charge in [0.1, 0.15) is 6.61 Å². The first-order chi connectivity index (χ1) is 9.36. The lowest BCUT2D eigenvalue weighted by Gasteiger charge is -2.17. The van der Waals surface area contributed by atoms with Crippen LogP contribution in [-0.4, -0.2) is 29.0 Å². The molecular formula is C15H25N3O. The molecule has 1 aromatic rings. The SMILES string of the molecule is CCCn1cc(OCCNC(C2CC2)C2CC2)cn1. The summed E-state index contributed by atoms with van der Waals surface area (Å²) in [5, 5.41) is 7.96. The van der Waals surface area contributed by atoms with E-state index in [9.17, 15) is 0 Å². The summed E-state index contributed by atoms with van der Waals surface area (Å²) in [6, 6.07) is 0.770. The predicted octanol–water partition coefficient (Wildman–Crippen LogP) is 2.45. The molecule has 0 radical (unpaired) electrons. The normalized spacial score (nSPS) is 19.1. The number of aryl methyl sites for hydroxylation is 1. The van der Waals surface area contributed by atoms with Crippen molar-refractivity contribution in [3.63, 3.8) is 0 Å². The molecule has 0 unspecified atom stereocenters. The Morgan fingerprint density at radius 1 is 1.37 bits per heavy atom. The molecule has 0 atom stereocenters. The molecule has 0 saturated heterocycles. The fourth-order valence-corrected chi connectivity index (χ4v) is 2.79. The second-order valence-corrected chi connectivity index (χ2v) is 5.94. The average molecular weight is 263 g/mol. The highest BCUT2D eigenvalue weighted by Gasteiger charge is 2.40. The monoisotopic (exact) mass is 263 g/mol. The van der Waals surface area contributed by atoms with Crippen molar-refractivity contribution < 1.29 is 4.74 Å². The zero-order valence-corrected chi connectivity index (χ0v) is 11.8. The molecule has 1 N–H and O–H groups in total. The molecule has 2 fully saturated rings. The van der Waals surface area contributed by atoms with Crippen LogP contribution >= 0.6 is 0 Å². The van der Waals surface area contributed by atoms with Crippen molar-refractivity contribution in [2.75, 3.05) is 13.2 Å². The van der Waals surface area contributed by atoms with Crippen LogP contribution in [0.1, 0.15) is 39.0 Å². The van der Waals surface area contributed by atoms with Crippen molar-refractivity contribution in [1.29, 1.82) is 0 Å². The molecule has 106 valence electrons. The lowest BCUT2D eigenvalue weighted by Crippen LogP contribution is -2.35. The fraction of sp³-hybridized carbons (Fsp3) is 0.800. The Morgan fingerprint density at radius 3 is 2.74 bits per heavy atom. The van der Waals surface area contributed by atoms with Gasteiger partial charge >= 0.3 is 0 Å². The van der Waals surface area contributed by atoms with Gasteiger partial charge in [0.05, 0.1) is 12.4 Å². The molecule has 2 aliphatic carbocycles. The summed E-state index contributed by atoms with van der Waals surface area (Å²) in [6.07, 6.45) is 10.6. The maximum Gasteiger partial charge on any atom is 0.157 e. The molecule has 2 aliphatic rings. The number of nitrogens with zero attached hydrogens (tertiary/aromatic N) is 2. The highest BCUT2D eigenvalue weighted by atomic mass is 16.5. The minimum atomic E-state index is 0.744. The third-order valence-electron chi connectivity index (χ3n) is 4.07. The Kier molecular flexibility index (Phi) is 4.06. The average Bonchev–Trinajstić information content (AvgIpc) is 3.31. The number of rotatable bonds is 9. The molecule has 19 heavy (non-hydrogen) atoms. The molecule has 0 amide bonds. The summed E-state index contributed by atoms with van der Waals surface area (Å²) in [5.41, 5.74) is 0. The lowest BCUT2D eigenvalue weighted by molar-refractivity contribution is 0.293. The van der Waals surface area contributed by atoms with Gasteiger partial charge in [-0.05, 0) is 43.9 Å². The summed E-state index contributed by atoms with van der Waals surface area (Å²) in [5.74, 6) is 2.81. The van der Waals surface area contributed by atoms with Gasteiger partial charge < -0.3 is 10.1 Å². The van der Waals surface area contributed by atoms with Crippen LogP contribution in [-0.2, 0) is 6.54 Å². The molecule has 2 saturated carbocycles. The molecule has 1 aromatic heterocycles. The van der Waals surface area contributed by atoms with E-state index in [1.165, 1.54) is 25.7 Å². The zero-order valence-electron chi connectivity index (χ0n) is 11.8. The molecule has 4 heteroatoms. The molecule has 3 rings (SSSR count). The standard InChI is InChI=1S/C15H25N3O/c1-2-8-18-11-14(10-17-18)19-9-7-16-15(12-3-4-12)13-5-6-13/h10-13,15-16H,2-9H2,1H3. The fourth-order valence-electron chi connectivity index (χ4n) is 2.79. The molecule has 0 aromatic carbocycles. The molecule has 0 spiro atoms. The maximum absolute atomic E-state index is 5.74. The largest absolute Gasteiger partial charge is 0.489 e. The van der Waals surface area contributed by atoms with Gasteiger partial charge in [0.2, 0.25) is 0 Å². The minimum absolute atomic E-state index is 0.744. The minimum Gasteiger partial charge on any atom is -0.489 e. The number of hydrogen-bond donors (Lipinski definition) is 1. The quantitative estimate of drug-likeness (QED) is 0.696.